The second kappa shape index (κ2) is 5.72. The van der Waals surface area contributed by atoms with Crippen molar-refractivity contribution in [3.05, 3.63) is 12.2 Å². The summed E-state index contributed by atoms with van der Waals surface area (Å²) in [5.74, 6) is -0.955. The Morgan fingerprint density at radius 1 is 1.62 bits per heavy atom. The van der Waals surface area contributed by atoms with Crippen molar-refractivity contribution < 1.29 is 15.0 Å². The van der Waals surface area contributed by atoms with Crippen LogP contribution in [0.4, 0.5) is 0 Å². The molecule has 0 aromatic rings. The molecule has 0 amide bonds. The summed E-state index contributed by atoms with van der Waals surface area (Å²) in [5, 5.41) is 20.7. The molecule has 0 aliphatic heterocycles. The van der Waals surface area contributed by atoms with Crippen LogP contribution in [-0.4, -0.2) is 34.9 Å². The maximum Gasteiger partial charge on any atom is 0.328 e. The van der Waals surface area contributed by atoms with E-state index in [1.54, 1.807) is 6.92 Å². The fourth-order valence-corrected chi connectivity index (χ4v) is 0.710. The van der Waals surface area contributed by atoms with Crippen LogP contribution in [0, 0.1) is 0 Å². The smallest absolute Gasteiger partial charge is 0.328 e. The normalized spacial score (nSPS) is 15.9. The first-order valence-corrected chi connectivity index (χ1v) is 4.30. The molecule has 0 aromatic carbocycles. The molecule has 1 unspecified atom stereocenters. The predicted molar refractivity (Wildman–Crippen MR) is 50.6 cm³/mol. The number of rotatable bonds is 6. The molecule has 3 N–H and O–H groups in total. The van der Waals surface area contributed by atoms with Gasteiger partial charge in [-0.15, -0.1) is 0 Å². The van der Waals surface area contributed by atoms with E-state index in [-0.39, 0.29) is 0 Å². The lowest BCUT2D eigenvalue weighted by Crippen LogP contribution is -2.37. The molecule has 0 aliphatic rings. The lowest BCUT2D eigenvalue weighted by atomic mass is 10.0. The molecule has 4 heteroatoms. The summed E-state index contributed by atoms with van der Waals surface area (Å²) in [7, 11) is 0. The second-order valence-electron chi connectivity index (χ2n) is 3.22. The summed E-state index contributed by atoms with van der Waals surface area (Å²) in [6.45, 7) is 4.56. The van der Waals surface area contributed by atoms with E-state index in [1.165, 1.54) is 6.08 Å². The van der Waals surface area contributed by atoms with Gasteiger partial charge in [-0.25, -0.2) is 4.79 Å². The molecule has 0 saturated carbocycles. The van der Waals surface area contributed by atoms with E-state index < -0.39 is 11.6 Å². The third-order valence-electron chi connectivity index (χ3n) is 1.79. The number of hydrogen-bond acceptors (Lipinski definition) is 3. The van der Waals surface area contributed by atoms with Crippen LogP contribution >= 0.6 is 0 Å². The molecule has 0 aromatic heterocycles. The van der Waals surface area contributed by atoms with Gasteiger partial charge in [-0.1, -0.05) is 13.0 Å². The van der Waals surface area contributed by atoms with Crippen LogP contribution in [0.2, 0.25) is 0 Å². The minimum atomic E-state index is -0.955. The first kappa shape index (κ1) is 12.1. The van der Waals surface area contributed by atoms with Gasteiger partial charge in [-0.05, 0) is 13.3 Å². The zero-order valence-corrected chi connectivity index (χ0v) is 8.08. The van der Waals surface area contributed by atoms with E-state index in [4.69, 9.17) is 5.11 Å². The van der Waals surface area contributed by atoms with Crippen molar-refractivity contribution in [3.8, 4) is 0 Å². The number of carboxylic acids is 1. The number of carboxylic acid groups (broad SMARTS) is 1. The van der Waals surface area contributed by atoms with E-state index in [9.17, 15) is 9.90 Å². The van der Waals surface area contributed by atoms with Crippen molar-refractivity contribution in [2.45, 2.75) is 25.9 Å². The summed E-state index contributed by atoms with van der Waals surface area (Å²) in [4.78, 5) is 10.1. The van der Waals surface area contributed by atoms with Crippen molar-refractivity contribution in [1.29, 1.82) is 0 Å². The first-order valence-electron chi connectivity index (χ1n) is 4.30. The molecule has 13 heavy (non-hydrogen) atoms. The Kier molecular flexibility index (Phi) is 5.34. The fourth-order valence-electron chi connectivity index (χ4n) is 0.710. The van der Waals surface area contributed by atoms with Gasteiger partial charge in [0.05, 0.1) is 5.60 Å². The molecule has 0 saturated heterocycles. The Morgan fingerprint density at radius 3 is 2.69 bits per heavy atom. The van der Waals surface area contributed by atoms with Gasteiger partial charge in [-0.2, -0.15) is 0 Å². The van der Waals surface area contributed by atoms with E-state index in [1.807, 2.05) is 6.92 Å². The minimum Gasteiger partial charge on any atom is -0.478 e. The van der Waals surface area contributed by atoms with Crippen molar-refractivity contribution in [1.82, 2.24) is 5.32 Å². The highest BCUT2D eigenvalue weighted by Gasteiger charge is 2.15. The molecule has 76 valence electrons. The lowest BCUT2D eigenvalue weighted by molar-refractivity contribution is -0.131. The highest BCUT2D eigenvalue weighted by Crippen LogP contribution is 2.05. The van der Waals surface area contributed by atoms with Crippen molar-refractivity contribution in [2.75, 3.05) is 13.1 Å². The number of aliphatic carboxylic acids is 1. The molecule has 0 radical (unpaired) electrons. The molecule has 0 aliphatic carbocycles. The minimum absolute atomic E-state index is 0.461. The van der Waals surface area contributed by atoms with Gasteiger partial charge >= 0.3 is 5.97 Å². The first-order chi connectivity index (χ1) is 5.98. The lowest BCUT2D eigenvalue weighted by Gasteiger charge is -2.20. The molecular weight excluding hydrogens is 170 g/mol. The quantitative estimate of drug-likeness (QED) is 0.415. The Labute approximate surface area is 78.3 Å². The Hall–Kier alpha value is -0.870. The molecule has 4 nitrogen and oxygen atoms in total. The molecule has 1 atom stereocenters. The summed E-state index contributed by atoms with van der Waals surface area (Å²) in [5.41, 5.74) is -0.711. The average molecular weight is 187 g/mol. The zero-order valence-electron chi connectivity index (χ0n) is 8.08. The topological polar surface area (TPSA) is 69.6 Å². The van der Waals surface area contributed by atoms with Gasteiger partial charge < -0.3 is 15.5 Å². The van der Waals surface area contributed by atoms with Crippen LogP contribution in [0.5, 0.6) is 0 Å². The predicted octanol–water partition coefficient (Wildman–Crippen LogP) is 0.378. The summed E-state index contributed by atoms with van der Waals surface area (Å²) in [6, 6.07) is 0. The largest absolute Gasteiger partial charge is 0.478 e. The highest BCUT2D eigenvalue weighted by molar-refractivity contribution is 5.79. The summed E-state index contributed by atoms with van der Waals surface area (Å²) < 4.78 is 0. The van der Waals surface area contributed by atoms with Crippen molar-refractivity contribution in [2.24, 2.45) is 0 Å². The van der Waals surface area contributed by atoms with E-state index in [0.29, 0.717) is 19.5 Å². The molecule has 0 bridgehead atoms. The maximum atomic E-state index is 10.1. The molecule has 0 fully saturated rings. The standard InChI is InChI=1S/C9H17NO3/c1-3-9(2,13)7-10-6-4-5-8(11)12/h4-5,10,13H,3,6-7H2,1-2H3,(H,11,12)/b5-4+. The van der Waals surface area contributed by atoms with Crippen molar-refractivity contribution in [3.63, 3.8) is 0 Å². The SMILES string of the molecule is CCC(C)(O)CNC/C=C/C(=O)O. The van der Waals surface area contributed by atoms with Gasteiger partial charge in [0.1, 0.15) is 0 Å². The van der Waals surface area contributed by atoms with Crippen LogP contribution in [0.3, 0.4) is 0 Å². The second-order valence-corrected chi connectivity index (χ2v) is 3.22. The van der Waals surface area contributed by atoms with Gasteiger partial charge in [0.15, 0.2) is 0 Å². The van der Waals surface area contributed by atoms with Crippen LogP contribution in [0.25, 0.3) is 0 Å². The van der Waals surface area contributed by atoms with Crippen LogP contribution in [0.1, 0.15) is 20.3 Å². The van der Waals surface area contributed by atoms with E-state index in [0.717, 1.165) is 6.08 Å². The van der Waals surface area contributed by atoms with E-state index >= 15 is 0 Å². The van der Waals surface area contributed by atoms with E-state index in [2.05, 4.69) is 5.32 Å². The number of carbonyl (C=O) groups is 1. The van der Waals surface area contributed by atoms with Crippen LogP contribution in [0.15, 0.2) is 12.2 Å². The number of aliphatic hydroxyl groups is 1. The zero-order chi connectivity index (χ0) is 10.3. The maximum absolute atomic E-state index is 10.1. The third-order valence-corrected chi connectivity index (χ3v) is 1.79. The molecule has 0 heterocycles. The summed E-state index contributed by atoms with van der Waals surface area (Å²) in [6.07, 6.45) is 3.25. The molecular formula is C9H17NO3. The Balaban J connectivity index is 3.51. The van der Waals surface area contributed by atoms with Gasteiger partial charge in [0.2, 0.25) is 0 Å². The monoisotopic (exact) mass is 187 g/mol. The number of nitrogens with one attached hydrogen (secondary N) is 1. The van der Waals surface area contributed by atoms with Gasteiger partial charge in [-0.3, -0.25) is 0 Å². The van der Waals surface area contributed by atoms with Crippen LogP contribution < -0.4 is 5.32 Å². The Morgan fingerprint density at radius 2 is 2.23 bits per heavy atom. The molecule has 0 spiro atoms. The average Bonchev–Trinajstić information content (AvgIpc) is 2.03. The Bertz CT molecular complexity index is 187. The molecule has 0 rings (SSSR count). The fraction of sp³-hybridized carbons (Fsp3) is 0.667. The van der Waals surface area contributed by atoms with Crippen molar-refractivity contribution >= 4 is 5.97 Å². The van der Waals surface area contributed by atoms with Crippen LogP contribution in [-0.2, 0) is 4.79 Å². The van der Waals surface area contributed by atoms with Gasteiger partial charge in [0.25, 0.3) is 0 Å². The highest BCUT2D eigenvalue weighted by atomic mass is 16.4. The summed E-state index contributed by atoms with van der Waals surface area (Å²) >= 11 is 0. The van der Waals surface area contributed by atoms with Gasteiger partial charge in [0, 0.05) is 19.2 Å². The third kappa shape index (κ3) is 7.49. The number of hydrogen-bond donors (Lipinski definition) is 3.